The zero-order valence-electron chi connectivity index (χ0n) is 15.1. The predicted molar refractivity (Wildman–Crippen MR) is 98.8 cm³/mol. The number of rotatable bonds is 6. The van der Waals surface area contributed by atoms with Gasteiger partial charge >= 0.3 is 0 Å². The fourth-order valence-corrected chi connectivity index (χ4v) is 3.44. The topological polar surface area (TPSA) is 43.0 Å². The van der Waals surface area contributed by atoms with Crippen LogP contribution in [0, 0.1) is 0 Å². The highest BCUT2D eigenvalue weighted by atomic mass is 16.5. The summed E-state index contributed by atoms with van der Waals surface area (Å²) in [5, 5.41) is 3.42. The van der Waals surface area contributed by atoms with Gasteiger partial charge in [-0.15, -0.1) is 0 Å². The van der Waals surface area contributed by atoms with Crippen molar-refractivity contribution in [3.8, 4) is 17.2 Å². The fourth-order valence-electron chi connectivity index (χ4n) is 3.44. The van der Waals surface area contributed by atoms with Crippen molar-refractivity contribution in [2.75, 3.05) is 47.5 Å². The quantitative estimate of drug-likeness (QED) is 0.874. The number of nitrogens with one attached hydrogen (secondary N) is 1. The van der Waals surface area contributed by atoms with Crippen molar-refractivity contribution < 1.29 is 14.2 Å². The van der Waals surface area contributed by atoms with Crippen molar-refractivity contribution in [3.63, 3.8) is 0 Å². The number of nitrogens with zero attached hydrogens (tertiary/aromatic N) is 1. The highest BCUT2D eigenvalue weighted by Gasteiger charge is 2.27. The Morgan fingerprint density at radius 2 is 1.60 bits per heavy atom. The molecule has 0 aromatic heterocycles. The SMILES string of the molecule is COc1ccc(C(c2cccc(OC)c2OC)N2CCNCC2)cc1. The summed E-state index contributed by atoms with van der Waals surface area (Å²) in [6.07, 6.45) is 0. The molecule has 1 aliphatic heterocycles. The first kappa shape index (κ1) is 17.6. The number of para-hydroxylation sites is 1. The lowest BCUT2D eigenvalue weighted by molar-refractivity contribution is 0.194. The highest BCUT2D eigenvalue weighted by molar-refractivity contribution is 5.51. The third kappa shape index (κ3) is 3.72. The Morgan fingerprint density at radius 3 is 2.20 bits per heavy atom. The Bertz CT molecular complexity index is 682. The van der Waals surface area contributed by atoms with Gasteiger partial charge in [0.15, 0.2) is 11.5 Å². The molecule has 1 heterocycles. The number of hydrogen-bond donors (Lipinski definition) is 1. The molecule has 0 bridgehead atoms. The zero-order valence-corrected chi connectivity index (χ0v) is 15.1. The van der Waals surface area contributed by atoms with E-state index in [1.807, 2.05) is 24.3 Å². The van der Waals surface area contributed by atoms with Gasteiger partial charge in [0.1, 0.15) is 5.75 Å². The normalized spacial score (nSPS) is 16.3. The Morgan fingerprint density at radius 1 is 0.880 bits per heavy atom. The average molecular weight is 342 g/mol. The number of hydrogen-bond acceptors (Lipinski definition) is 5. The third-order valence-electron chi connectivity index (χ3n) is 4.68. The minimum atomic E-state index is 0.109. The molecule has 1 unspecified atom stereocenters. The second-order valence-electron chi connectivity index (χ2n) is 6.04. The van der Waals surface area contributed by atoms with Crippen LogP contribution in [-0.4, -0.2) is 52.4 Å². The van der Waals surface area contributed by atoms with Crippen LogP contribution in [0.5, 0.6) is 17.2 Å². The van der Waals surface area contributed by atoms with Crippen LogP contribution in [0.2, 0.25) is 0 Å². The minimum Gasteiger partial charge on any atom is -0.497 e. The van der Waals surface area contributed by atoms with E-state index in [1.54, 1.807) is 21.3 Å². The molecule has 0 spiro atoms. The van der Waals surface area contributed by atoms with Gasteiger partial charge in [-0.25, -0.2) is 0 Å². The van der Waals surface area contributed by atoms with Crippen molar-refractivity contribution in [2.24, 2.45) is 0 Å². The van der Waals surface area contributed by atoms with Gasteiger partial charge in [0.05, 0.1) is 27.4 Å². The molecule has 25 heavy (non-hydrogen) atoms. The molecule has 0 saturated carbocycles. The smallest absolute Gasteiger partial charge is 0.165 e. The predicted octanol–water partition coefficient (Wildman–Crippen LogP) is 2.71. The van der Waals surface area contributed by atoms with E-state index in [0.717, 1.165) is 49.0 Å². The lowest BCUT2D eigenvalue weighted by Crippen LogP contribution is -2.45. The largest absolute Gasteiger partial charge is 0.497 e. The number of benzene rings is 2. The van der Waals surface area contributed by atoms with Gasteiger partial charge in [-0.1, -0.05) is 24.3 Å². The first-order valence-electron chi connectivity index (χ1n) is 8.58. The van der Waals surface area contributed by atoms with Gasteiger partial charge in [-0.05, 0) is 23.8 Å². The molecular weight excluding hydrogens is 316 g/mol. The summed E-state index contributed by atoms with van der Waals surface area (Å²) in [6.45, 7) is 3.94. The molecular formula is C20H26N2O3. The number of piperazine rings is 1. The summed E-state index contributed by atoms with van der Waals surface area (Å²) < 4.78 is 16.5. The molecule has 0 radical (unpaired) electrons. The Kier molecular flexibility index (Phi) is 5.79. The van der Waals surface area contributed by atoms with Crippen LogP contribution in [0.4, 0.5) is 0 Å². The van der Waals surface area contributed by atoms with Crippen LogP contribution < -0.4 is 19.5 Å². The number of methoxy groups -OCH3 is 3. The van der Waals surface area contributed by atoms with E-state index in [4.69, 9.17) is 14.2 Å². The molecule has 1 aliphatic rings. The Labute approximate surface area is 149 Å². The third-order valence-corrected chi connectivity index (χ3v) is 4.68. The van der Waals surface area contributed by atoms with E-state index in [1.165, 1.54) is 5.56 Å². The standard InChI is InChI=1S/C20H26N2O3/c1-23-16-9-7-15(8-10-16)19(22-13-11-21-12-14-22)17-5-4-6-18(24-2)20(17)25-3/h4-10,19,21H,11-14H2,1-3H3. The minimum absolute atomic E-state index is 0.109. The Balaban J connectivity index is 2.07. The molecule has 5 nitrogen and oxygen atoms in total. The van der Waals surface area contributed by atoms with E-state index in [9.17, 15) is 0 Å². The van der Waals surface area contributed by atoms with Crippen LogP contribution in [0.3, 0.4) is 0 Å². The van der Waals surface area contributed by atoms with Crippen molar-refractivity contribution in [1.29, 1.82) is 0 Å². The van der Waals surface area contributed by atoms with Crippen molar-refractivity contribution in [3.05, 3.63) is 53.6 Å². The highest BCUT2D eigenvalue weighted by Crippen LogP contribution is 2.40. The summed E-state index contributed by atoms with van der Waals surface area (Å²) in [6, 6.07) is 14.5. The summed E-state index contributed by atoms with van der Waals surface area (Å²) in [5.41, 5.74) is 2.34. The van der Waals surface area contributed by atoms with Crippen LogP contribution in [0.15, 0.2) is 42.5 Å². The van der Waals surface area contributed by atoms with Gasteiger partial charge in [0, 0.05) is 31.7 Å². The average Bonchev–Trinajstić information content (AvgIpc) is 2.69. The summed E-state index contributed by atoms with van der Waals surface area (Å²) >= 11 is 0. The van der Waals surface area contributed by atoms with Crippen molar-refractivity contribution in [2.45, 2.75) is 6.04 Å². The van der Waals surface area contributed by atoms with Crippen LogP contribution in [0.1, 0.15) is 17.2 Å². The van der Waals surface area contributed by atoms with E-state index < -0.39 is 0 Å². The first-order valence-corrected chi connectivity index (χ1v) is 8.58. The van der Waals surface area contributed by atoms with Crippen LogP contribution in [-0.2, 0) is 0 Å². The van der Waals surface area contributed by atoms with Crippen molar-refractivity contribution >= 4 is 0 Å². The molecule has 1 atom stereocenters. The van der Waals surface area contributed by atoms with Gasteiger partial charge in [-0.2, -0.15) is 0 Å². The second-order valence-corrected chi connectivity index (χ2v) is 6.04. The molecule has 1 saturated heterocycles. The Hall–Kier alpha value is -2.24. The van der Waals surface area contributed by atoms with Crippen molar-refractivity contribution in [1.82, 2.24) is 10.2 Å². The van der Waals surface area contributed by atoms with Gasteiger partial charge in [0.25, 0.3) is 0 Å². The summed E-state index contributed by atoms with van der Waals surface area (Å²) in [5.74, 6) is 2.42. The van der Waals surface area contributed by atoms with Gasteiger partial charge < -0.3 is 19.5 Å². The van der Waals surface area contributed by atoms with E-state index in [2.05, 4.69) is 28.4 Å². The molecule has 1 fully saturated rings. The maximum Gasteiger partial charge on any atom is 0.165 e. The van der Waals surface area contributed by atoms with Gasteiger partial charge in [-0.3, -0.25) is 4.90 Å². The maximum atomic E-state index is 5.71. The molecule has 0 aliphatic carbocycles. The molecule has 0 amide bonds. The van der Waals surface area contributed by atoms with Crippen LogP contribution in [0.25, 0.3) is 0 Å². The van der Waals surface area contributed by atoms with Gasteiger partial charge in [0.2, 0.25) is 0 Å². The summed E-state index contributed by atoms with van der Waals surface area (Å²) in [7, 11) is 5.06. The van der Waals surface area contributed by atoms with Crippen LogP contribution >= 0.6 is 0 Å². The fraction of sp³-hybridized carbons (Fsp3) is 0.400. The molecule has 5 heteroatoms. The van der Waals surface area contributed by atoms with E-state index in [0.29, 0.717) is 0 Å². The number of ether oxygens (including phenoxy) is 3. The molecule has 3 rings (SSSR count). The summed E-state index contributed by atoms with van der Waals surface area (Å²) in [4.78, 5) is 2.48. The monoisotopic (exact) mass is 342 g/mol. The van der Waals surface area contributed by atoms with E-state index >= 15 is 0 Å². The molecule has 2 aromatic carbocycles. The molecule has 1 N–H and O–H groups in total. The first-order chi connectivity index (χ1) is 12.3. The molecule has 2 aromatic rings. The molecule has 134 valence electrons. The maximum absolute atomic E-state index is 5.71. The lowest BCUT2D eigenvalue weighted by Gasteiger charge is -2.36. The van der Waals surface area contributed by atoms with E-state index in [-0.39, 0.29) is 6.04 Å². The zero-order chi connectivity index (χ0) is 17.6. The lowest BCUT2D eigenvalue weighted by atomic mass is 9.95. The second kappa shape index (κ2) is 8.23.